The topological polar surface area (TPSA) is 87.5 Å². The minimum absolute atomic E-state index is 0.335. The van der Waals surface area contributed by atoms with E-state index in [-0.39, 0.29) is 6.03 Å². The molecule has 1 aliphatic rings. The van der Waals surface area contributed by atoms with Crippen LogP contribution in [-0.4, -0.2) is 43.9 Å². The van der Waals surface area contributed by atoms with Crippen LogP contribution in [0, 0.1) is 0 Å². The first-order chi connectivity index (χ1) is 8.95. The van der Waals surface area contributed by atoms with Gasteiger partial charge >= 0.3 is 12.0 Å². The highest BCUT2D eigenvalue weighted by atomic mass is 16.4. The van der Waals surface area contributed by atoms with Crippen LogP contribution < -0.4 is 5.32 Å². The molecule has 1 aliphatic heterocycles. The number of hydrogen-bond donors (Lipinski definition) is 2. The molecule has 0 bridgehead atoms. The van der Waals surface area contributed by atoms with Gasteiger partial charge < -0.3 is 15.3 Å². The third kappa shape index (κ3) is 2.40. The molecular formula is C12H18N4O3. The van der Waals surface area contributed by atoms with E-state index < -0.39 is 11.5 Å². The van der Waals surface area contributed by atoms with Crippen molar-refractivity contribution in [3.63, 3.8) is 0 Å². The van der Waals surface area contributed by atoms with Crippen molar-refractivity contribution in [2.24, 2.45) is 7.05 Å². The Morgan fingerprint density at radius 1 is 1.58 bits per heavy atom. The molecule has 1 aromatic heterocycles. The highest BCUT2D eigenvalue weighted by Crippen LogP contribution is 2.29. The summed E-state index contributed by atoms with van der Waals surface area (Å²) in [5, 5.41) is 16.0. The fraction of sp³-hybridized carbons (Fsp3) is 0.583. The Hall–Kier alpha value is -2.05. The lowest BCUT2D eigenvalue weighted by Gasteiger charge is -2.31. The number of carbonyl (C=O) groups is 2. The summed E-state index contributed by atoms with van der Waals surface area (Å²) in [7, 11) is 1.79. The zero-order valence-corrected chi connectivity index (χ0v) is 11.1. The number of hydrogen-bond acceptors (Lipinski definition) is 3. The molecule has 2 rings (SSSR count). The molecule has 1 aromatic rings. The second kappa shape index (κ2) is 4.91. The smallest absolute Gasteiger partial charge is 0.329 e. The number of aliphatic carboxylic acids is 1. The minimum atomic E-state index is -1.10. The highest BCUT2D eigenvalue weighted by molar-refractivity contribution is 5.86. The molecule has 1 fully saturated rings. The molecule has 1 unspecified atom stereocenters. The quantitative estimate of drug-likeness (QED) is 0.837. The summed E-state index contributed by atoms with van der Waals surface area (Å²) in [4.78, 5) is 24.8. The van der Waals surface area contributed by atoms with Gasteiger partial charge in [0, 0.05) is 19.8 Å². The fourth-order valence-electron chi connectivity index (χ4n) is 2.35. The van der Waals surface area contributed by atoms with E-state index in [4.69, 9.17) is 0 Å². The first-order valence-electron chi connectivity index (χ1n) is 6.21. The van der Waals surface area contributed by atoms with E-state index in [2.05, 4.69) is 10.4 Å². The lowest BCUT2D eigenvalue weighted by molar-refractivity contribution is -0.147. The maximum absolute atomic E-state index is 12.1. The molecule has 7 heteroatoms. The minimum Gasteiger partial charge on any atom is -0.480 e. The van der Waals surface area contributed by atoms with E-state index in [1.54, 1.807) is 30.9 Å². The summed E-state index contributed by atoms with van der Waals surface area (Å²) < 4.78 is 1.67. The molecule has 2 amide bonds. The van der Waals surface area contributed by atoms with Gasteiger partial charge in [-0.25, -0.2) is 9.59 Å². The number of rotatable bonds is 3. The molecule has 104 valence electrons. The predicted molar refractivity (Wildman–Crippen MR) is 67.4 cm³/mol. The molecule has 0 aromatic carbocycles. The third-order valence-corrected chi connectivity index (χ3v) is 3.69. The monoisotopic (exact) mass is 266 g/mol. The highest BCUT2D eigenvalue weighted by Gasteiger charge is 2.45. The van der Waals surface area contributed by atoms with E-state index in [0.717, 1.165) is 5.69 Å². The van der Waals surface area contributed by atoms with Crippen molar-refractivity contribution < 1.29 is 14.7 Å². The number of aromatic nitrogens is 2. The molecule has 2 N–H and O–H groups in total. The van der Waals surface area contributed by atoms with E-state index in [1.165, 1.54) is 4.90 Å². The van der Waals surface area contributed by atoms with Crippen LogP contribution in [0.15, 0.2) is 12.3 Å². The van der Waals surface area contributed by atoms with Gasteiger partial charge in [-0.15, -0.1) is 0 Å². The summed E-state index contributed by atoms with van der Waals surface area (Å²) >= 11 is 0. The van der Waals surface area contributed by atoms with E-state index in [1.807, 2.05) is 0 Å². The summed E-state index contributed by atoms with van der Waals surface area (Å²) in [6.07, 6.45) is 2.85. The maximum atomic E-state index is 12.1. The number of nitrogens with zero attached hydrogens (tertiary/aromatic N) is 3. The molecule has 0 spiro atoms. The molecule has 0 saturated carbocycles. The van der Waals surface area contributed by atoms with Crippen LogP contribution in [0.3, 0.4) is 0 Å². The third-order valence-electron chi connectivity index (χ3n) is 3.69. The van der Waals surface area contributed by atoms with E-state index >= 15 is 0 Å². The van der Waals surface area contributed by atoms with Gasteiger partial charge in [-0.05, 0) is 25.8 Å². The number of nitrogens with one attached hydrogen (secondary N) is 1. The Morgan fingerprint density at radius 3 is 2.89 bits per heavy atom. The first-order valence-corrected chi connectivity index (χ1v) is 6.21. The van der Waals surface area contributed by atoms with Gasteiger partial charge in [0.25, 0.3) is 0 Å². The van der Waals surface area contributed by atoms with Crippen LogP contribution >= 0.6 is 0 Å². The van der Waals surface area contributed by atoms with Crippen molar-refractivity contribution in [2.75, 3.05) is 6.54 Å². The van der Waals surface area contributed by atoms with Crippen LogP contribution in [0.4, 0.5) is 4.79 Å². The number of aryl methyl sites for hydroxylation is 1. The molecular weight excluding hydrogens is 248 g/mol. The number of carboxylic acid groups (broad SMARTS) is 1. The predicted octanol–water partition coefficient (Wildman–Crippen LogP) is 0.569. The largest absolute Gasteiger partial charge is 0.480 e. The normalized spacial score (nSPS) is 22.5. The Labute approximate surface area is 111 Å². The molecule has 2 heterocycles. The van der Waals surface area contributed by atoms with Crippen molar-refractivity contribution >= 4 is 12.0 Å². The van der Waals surface area contributed by atoms with Crippen LogP contribution in [0.1, 0.15) is 25.5 Å². The average molecular weight is 266 g/mol. The van der Waals surface area contributed by atoms with Gasteiger partial charge in [0.2, 0.25) is 0 Å². The second-order valence-electron chi connectivity index (χ2n) is 4.94. The first kappa shape index (κ1) is 13.4. The molecule has 0 radical (unpaired) electrons. The Bertz CT molecular complexity index is 499. The van der Waals surface area contributed by atoms with Crippen molar-refractivity contribution in [2.45, 2.75) is 31.8 Å². The van der Waals surface area contributed by atoms with Gasteiger partial charge in [-0.2, -0.15) is 5.10 Å². The molecule has 1 atom stereocenters. The second-order valence-corrected chi connectivity index (χ2v) is 4.94. The van der Waals surface area contributed by atoms with Gasteiger partial charge in [0.05, 0.1) is 12.2 Å². The van der Waals surface area contributed by atoms with Crippen molar-refractivity contribution in [3.8, 4) is 0 Å². The molecule has 19 heavy (non-hydrogen) atoms. The zero-order chi connectivity index (χ0) is 14.0. The number of carboxylic acids is 1. The fourth-order valence-corrected chi connectivity index (χ4v) is 2.35. The van der Waals surface area contributed by atoms with Gasteiger partial charge in [0.1, 0.15) is 5.54 Å². The lowest BCUT2D eigenvalue weighted by atomic mass is 10.00. The van der Waals surface area contributed by atoms with E-state index in [0.29, 0.717) is 25.9 Å². The maximum Gasteiger partial charge on any atom is 0.329 e. The van der Waals surface area contributed by atoms with Crippen LogP contribution in [0.5, 0.6) is 0 Å². The SMILES string of the molecule is Cn1nccc1CNC(=O)N1CCCC1(C)C(=O)O. The van der Waals surface area contributed by atoms with Crippen LogP contribution in [0.2, 0.25) is 0 Å². The molecule has 7 nitrogen and oxygen atoms in total. The Morgan fingerprint density at radius 2 is 2.32 bits per heavy atom. The molecule has 1 saturated heterocycles. The molecule has 0 aliphatic carbocycles. The Balaban J connectivity index is 2.00. The van der Waals surface area contributed by atoms with Gasteiger partial charge in [0.15, 0.2) is 0 Å². The van der Waals surface area contributed by atoms with Crippen molar-refractivity contribution in [1.29, 1.82) is 0 Å². The van der Waals surface area contributed by atoms with Crippen LogP contribution in [0.25, 0.3) is 0 Å². The summed E-state index contributed by atoms with van der Waals surface area (Å²) in [6.45, 7) is 2.40. The number of carbonyl (C=O) groups excluding carboxylic acids is 1. The average Bonchev–Trinajstić information content (AvgIpc) is 2.93. The summed E-state index contributed by atoms with van der Waals surface area (Å²) in [5.74, 6) is -0.958. The summed E-state index contributed by atoms with van der Waals surface area (Å²) in [5.41, 5.74) is -0.235. The Kier molecular flexibility index (Phi) is 3.46. The number of amides is 2. The zero-order valence-electron chi connectivity index (χ0n) is 11.1. The number of urea groups is 1. The lowest BCUT2D eigenvalue weighted by Crippen LogP contribution is -2.54. The van der Waals surface area contributed by atoms with Crippen LogP contribution in [-0.2, 0) is 18.4 Å². The number of likely N-dealkylation sites (tertiary alicyclic amines) is 1. The van der Waals surface area contributed by atoms with Crippen molar-refractivity contribution in [1.82, 2.24) is 20.0 Å². The van der Waals surface area contributed by atoms with Gasteiger partial charge in [-0.1, -0.05) is 0 Å². The van der Waals surface area contributed by atoms with E-state index in [9.17, 15) is 14.7 Å². The van der Waals surface area contributed by atoms with Crippen molar-refractivity contribution in [3.05, 3.63) is 18.0 Å². The standard InChI is InChI=1S/C12H18N4O3/c1-12(10(17)18)5-3-7-16(12)11(19)13-8-9-4-6-14-15(9)2/h4,6H,3,5,7-8H2,1-2H3,(H,13,19)(H,17,18). The summed E-state index contributed by atoms with van der Waals surface area (Å²) in [6, 6.07) is 1.46. The van der Waals surface area contributed by atoms with Gasteiger partial charge in [-0.3, -0.25) is 4.68 Å².